The molecule has 0 unspecified atom stereocenters. The molecular formula is C27H26N2O3. The standard InChI is InChI=1S/C27H26N2O3/c1-18-15-22(19(2)29(18)23-13-9-6-10-14-23)16-24-25(27(31)32-4)20(3)28(26(24)30)17-21-11-7-5-8-12-21/h5-16H,17H2,1-4H3/b24-16-. The van der Waals surface area contributed by atoms with E-state index in [1.54, 1.807) is 11.8 Å². The van der Waals surface area contributed by atoms with E-state index in [0.29, 0.717) is 23.4 Å². The Hall–Kier alpha value is -3.86. The molecule has 1 amide bonds. The normalized spacial score (nSPS) is 15.1. The number of rotatable bonds is 5. The van der Waals surface area contributed by atoms with Crippen LogP contribution in [0.15, 0.2) is 83.6 Å². The van der Waals surface area contributed by atoms with E-state index >= 15 is 0 Å². The molecule has 0 saturated heterocycles. The number of carbonyl (C=O) groups is 2. The van der Waals surface area contributed by atoms with E-state index in [9.17, 15) is 9.59 Å². The number of allylic oxidation sites excluding steroid dienone is 1. The van der Waals surface area contributed by atoms with E-state index in [0.717, 1.165) is 28.2 Å². The van der Waals surface area contributed by atoms with E-state index in [2.05, 4.69) is 4.57 Å². The van der Waals surface area contributed by atoms with Gasteiger partial charge in [-0.3, -0.25) is 4.79 Å². The number of ether oxygens (including phenoxy) is 1. The predicted octanol–water partition coefficient (Wildman–Crippen LogP) is 4.97. The number of esters is 1. The smallest absolute Gasteiger partial charge is 0.340 e. The van der Waals surface area contributed by atoms with Crippen molar-refractivity contribution in [3.63, 3.8) is 0 Å². The minimum Gasteiger partial charge on any atom is -0.465 e. The fourth-order valence-electron chi connectivity index (χ4n) is 4.25. The van der Waals surface area contributed by atoms with Gasteiger partial charge in [-0.05, 0) is 56.2 Å². The maximum atomic E-state index is 13.4. The van der Waals surface area contributed by atoms with Crippen molar-refractivity contribution in [2.75, 3.05) is 7.11 Å². The summed E-state index contributed by atoms with van der Waals surface area (Å²) in [5, 5.41) is 0. The molecule has 1 aliphatic heterocycles. The van der Waals surface area contributed by atoms with Crippen molar-refractivity contribution in [1.29, 1.82) is 0 Å². The second-order valence-corrected chi connectivity index (χ2v) is 7.88. The van der Waals surface area contributed by atoms with Gasteiger partial charge in [-0.15, -0.1) is 0 Å². The van der Waals surface area contributed by atoms with Crippen LogP contribution >= 0.6 is 0 Å². The van der Waals surface area contributed by atoms with E-state index in [4.69, 9.17) is 4.74 Å². The molecule has 1 aromatic heterocycles. The summed E-state index contributed by atoms with van der Waals surface area (Å²) in [6.45, 7) is 6.23. The Labute approximate surface area is 188 Å². The van der Waals surface area contributed by atoms with Crippen LogP contribution in [0.2, 0.25) is 0 Å². The summed E-state index contributed by atoms with van der Waals surface area (Å²) in [5.41, 5.74) is 6.27. The summed E-state index contributed by atoms with van der Waals surface area (Å²) >= 11 is 0. The zero-order valence-electron chi connectivity index (χ0n) is 18.8. The van der Waals surface area contributed by atoms with Crippen LogP contribution in [0.25, 0.3) is 11.8 Å². The third-order valence-corrected chi connectivity index (χ3v) is 5.87. The fraction of sp³-hybridized carbons (Fsp3) is 0.185. The van der Waals surface area contributed by atoms with E-state index in [1.165, 1.54) is 7.11 Å². The van der Waals surface area contributed by atoms with E-state index in [-0.39, 0.29) is 5.91 Å². The molecule has 32 heavy (non-hydrogen) atoms. The monoisotopic (exact) mass is 426 g/mol. The largest absolute Gasteiger partial charge is 0.465 e. The second-order valence-electron chi connectivity index (χ2n) is 7.88. The summed E-state index contributed by atoms with van der Waals surface area (Å²) in [5.74, 6) is -0.703. The van der Waals surface area contributed by atoms with Gasteiger partial charge in [-0.2, -0.15) is 0 Å². The number of aromatic nitrogens is 1. The molecule has 2 heterocycles. The number of nitrogens with zero attached hydrogens (tertiary/aromatic N) is 2. The van der Waals surface area contributed by atoms with Crippen molar-refractivity contribution in [2.45, 2.75) is 27.3 Å². The van der Waals surface area contributed by atoms with Crippen LogP contribution < -0.4 is 0 Å². The van der Waals surface area contributed by atoms with Crippen LogP contribution in [-0.4, -0.2) is 28.5 Å². The average Bonchev–Trinajstić information content (AvgIpc) is 3.21. The molecule has 1 aliphatic rings. The summed E-state index contributed by atoms with van der Waals surface area (Å²) in [7, 11) is 1.34. The number of methoxy groups -OCH3 is 1. The number of benzene rings is 2. The number of amides is 1. The molecule has 0 saturated carbocycles. The Kier molecular flexibility index (Phi) is 5.82. The topological polar surface area (TPSA) is 51.5 Å². The minimum absolute atomic E-state index is 0.198. The molecule has 4 rings (SSSR count). The van der Waals surface area contributed by atoms with Gasteiger partial charge in [0.1, 0.15) is 0 Å². The Bertz CT molecular complexity index is 1230. The van der Waals surface area contributed by atoms with Crippen LogP contribution in [0, 0.1) is 13.8 Å². The zero-order chi connectivity index (χ0) is 22.8. The molecule has 162 valence electrons. The molecule has 0 aliphatic carbocycles. The first kappa shape index (κ1) is 21.4. The Balaban J connectivity index is 1.78. The van der Waals surface area contributed by atoms with Gasteiger partial charge in [0.25, 0.3) is 5.91 Å². The number of aryl methyl sites for hydroxylation is 1. The lowest BCUT2D eigenvalue weighted by Gasteiger charge is -2.17. The highest BCUT2D eigenvalue weighted by molar-refractivity contribution is 6.16. The lowest BCUT2D eigenvalue weighted by molar-refractivity contribution is -0.136. The van der Waals surface area contributed by atoms with Crippen molar-refractivity contribution in [2.24, 2.45) is 0 Å². The summed E-state index contributed by atoms with van der Waals surface area (Å²) in [6.07, 6.45) is 1.81. The van der Waals surface area contributed by atoms with Crippen molar-refractivity contribution in [1.82, 2.24) is 9.47 Å². The number of hydrogen-bond acceptors (Lipinski definition) is 3. The van der Waals surface area contributed by atoms with Crippen LogP contribution in [0.1, 0.15) is 29.4 Å². The third-order valence-electron chi connectivity index (χ3n) is 5.87. The molecule has 0 bridgehead atoms. The van der Waals surface area contributed by atoms with E-state index in [1.807, 2.05) is 86.7 Å². The highest BCUT2D eigenvalue weighted by Crippen LogP contribution is 2.34. The first-order chi connectivity index (χ1) is 15.4. The molecule has 2 aromatic carbocycles. The zero-order valence-corrected chi connectivity index (χ0v) is 18.8. The fourth-order valence-corrected chi connectivity index (χ4v) is 4.25. The van der Waals surface area contributed by atoms with Gasteiger partial charge in [0, 0.05) is 22.8 Å². The van der Waals surface area contributed by atoms with Crippen LogP contribution in [0.3, 0.4) is 0 Å². The molecule has 0 N–H and O–H groups in total. The van der Waals surface area contributed by atoms with E-state index < -0.39 is 5.97 Å². The third kappa shape index (κ3) is 3.78. The van der Waals surface area contributed by atoms with Crippen LogP contribution in [-0.2, 0) is 20.9 Å². The minimum atomic E-state index is -0.505. The molecule has 0 fully saturated rings. The number of hydrogen-bond donors (Lipinski definition) is 0. The lowest BCUT2D eigenvalue weighted by Crippen LogP contribution is -2.24. The number of para-hydroxylation sites is 1. The van der Waals surface area contributed by atoms with Gasteiger partial charge in [-0.1, -0.05) is 48.5 Å². The summed E-state index contributed by atoms with van der Waals surface area (Å²) < 4.78 is 7.17. The highest BCUT2D eigenvalue weighted by atomic mass is 16.5. The van der Waals surface area contributed by atoms with Crippen molar-refractivity contribution in [3.8, 4) is 5.69 Å². The molecule has 5 nitrogen and oxygen atoms in total. The van der Waals surface area contributed by atoms with Crippen molar-refractivity contribution in [3.05, 3.63) is 106 Å². The SMILES string of the molecule is COC(=O)C1=C(C)N(Cc2ccccc2)C(=O)/C1=C\c1cc(C)n(-c2ccccc2)c1C. The highest BCUT2D eigenvalue weighted by Gasteiger charge is 2.37. The Morgan fingerprint density at radius 3 is 2.22 bits per heavy atom. The molecular weight excluding hydrogens is 400 g/mol. The molecule has 3 aromatic rings. The van der Waals surface area contributed by atoms with Crippen molar-refractivity contribution >= 4 is 18.0 Å². The van der Waals surface area contributed by atoms with Gasteiger partial charge in [0.2, 0.25) is 0 Å². The first-order valence-electron chi connectivity index (χ1n) is 10.5. The lowest BCUT2D eigenvalue weighted by atomic mass is 10.0. The van der Waals surface area contributed by atoms with Crippen LogP contribution in [0.4, 0.5) is 0 Å². The summed E-state index contributed by atoms with van der Waals surface area (Å²) in [4.78, 5) is 27.7. The molecule has 5 heteroatoms. The van der Waals surface area contributed by atoms with Gasteiger partial charge in [0.05, 0.1) is 24.8 Å². The van der Waals surface area contributed by atoms with Gasteiger partial charge in [-0.25, -0.2) is 4.79 Å². The molecule has 0 radical (unpaired) electrons. The number of carbonyl (C=O) groups excluding carboxylic acids is 2. The Morgan fingerprint density at radius 1 is 0.969 bits per heavy atom. The molecule has 0 spiro atoms. The van der Waals surface area contributed by atoms with Crippen molar-refractivity contribution < 1.29 is 14.3 Å². The van der Waals surface area contributed by atoms with Crippen LogP contribution in [0.5, 0.6) is 0 Å². The maximum Gasteiger partial charge on any atom is 0.340 e. The quantitative estimate of drug-likeness (QED) is 0.428. The molecule has 0 atom stereocenters. The predicted molar refractivity (Wildman–Crippen MR) is 125 cm³/mol. The van der Waals surface area contributed by atoms with Gasteiger partial charge in [0.15, 0.2) is 0 Å². The van der Waals surface area contributed by atoms with Gasteiger partial charge < -0.3 is 14.2 Å². The average molecular weight is 427 g/mol. The summed E-state index contributed by atoms with van der Waals surface area (Å²) in [6, 6.07) is 21.8. The first-order valence-corrected chi connectivity index (χ1v) is 10.5. The maximum absolute atomic E-state index is 13.4. The van der Waals surface area contributed by atoms with Gasteiger partial charge >= 0.3 is 5.97 Å². The second kappa shape index (κ2) is 8.71. The Morgan fingerprint density at radius 2 is 1.59 bits per heavy atom.